The Morgan fingerprint density at radius 1 is 0.889 bits per heavy atom. The van der Waals surface area contributed by atoms with Gasteiger partial charge in [-0.2, -0.15) is 0 Å². The van der Waals surface area contributed by atoms with Crippen molar-refractivity contribution < 1.29 is 31.9 Å². The molecule has 11 heteroatoms. The van der Waals surface area contributed by atoms with Crippen molar-refractivity contribution in [3.63, 3.8) is 0 Å². The van der Waals surface area contributed by atoms with Crippen molar-refractivity contribution in [2.24, 2.45) is 0 Å². The molecule has 1 aliphatic rings. The second kappa shape index (κ2) is 13.8. The van der Waals surface area contributed by atoms with Crippen LogP contribution in [-0.4, -0.2) is 58.0 Å². The van der Waals surface area contributed by atoms with Crippen LogP contribution in [0.3, 0.4) is 0 Å². The number of fused-ring (bicyclic) bond motifs is 1. The van der Waals surface area contributed by atoms with E-state index in [4.69, 9.17) is 9.47 Å². The third kappa shape index (κ3) is 7.26. The first-order chi connectivity index (χ1) is 21.7. The van der Waals surface area contributed by atoms with E-state index in [1.165, 1.54) is 42.3 Å². The lowest BCUT2D eigenvalue weighted by Crippen LogP contribution is -2.53. The molecule has 0 bridgehead atoms. The van der Waals surface area contributed by atoms with E-state index in [0.717, 1.165) is 33.1 Å². The smallest absolute Gasteiger partial charge is 0.264 e. The van der Waals surface area contributed by atoms with Crippen LogP contribution in [0.15, 0.2) is 102 Å². The Hall–Kier alpha value is -4.90. The van der Waals surface area contributed by atoms with Crippen LogP contribution in [0, 0.1) is 12.7 Å². The Morgan fingerprint density at radius 2 is 1.56 bits per heavy atom. The minimum Gasteiger partial charge on any atom is -0.486 e. The highest BCUT2D eigenvalue weighted by molar-refractivity contribution is 7.92. The van der Waals surface area contributed by atoms with Gasteiger partial charge in [-0.05, 0) is 60.0 Å². The molecule has 0 saturated carbocycles. The first-order valence-corrected chi connectivity index (χ1v) is 15.9. The predicted molar refractivity (Wildman–Crippen MR) is 168 cm³/mol. The van der Waals surface area contributed by atoms with E-state index in [0.29, 0.717) is 12.4 Å². The number of anilines is 1. The number of sulfonamides is 1. The number of benzene rings is 4. The third-order valence-electron chi connectivity index (χ3n) is 7.61. The Labute approximate surface area is 262 Å². The summed E-state index contributed by atoms with van der Waals surface area (Å²) >= 11 is 0. The number of nitrogens with zero attached hydrogens (tertiary/aromatic N) is 2. The van der Waals surface area contributed by atoms with Gasteiger partial charge in [0.25, 0.3) is 10.0 Å². The predicted octanol–water partition coefficient (Wildman–Crippen LogP) is 4.49. The van der Waals surface area contributed by atoms with Gasteiger partial charge in [0.15, 0.2) is 11.5 Å². The number of hydrogen-bond donors (Lipinski definition) is 1. The van der Waals surface area contributed by atoms with Gasteiger partial charge in [-0.25, -0.2) is 12.8 Å². The van der Waals surface area contributed by atoms with Gasteiger partial charge in [0.2, 0.25) is 11.8 Å². The lowest BCUT2D eigenvalue weighted by molar-refractivity contribution is -0.139. The van der Waals surface area contributed by atoms with Crippen LogP contribution in [0.4, 0.5) is 10.1 Å². The maximum Gasteiger partial charge on any atom is 0.264 e. The fourth-order valence-corrected chi connectivity index (χ4v) is 6.57. The zero-order chi connectivity index (χ0) is 32.0. The quantitative estimate of drug-likeness (QED) is 0.262. The summed E-state index contributed by atoms with van der Waals surface area (Å²) in [4.78, 5) is 29.0. The molecule has 0 spiro atoms. The molecule has 0 radical (unpaired) electrons. The van der Waals surface area contributed by atoms with Crippen molar-refractivity contribution in [3.8, 4) is 11.5 Å². The normalized spacial score (nSPS) is 13.0. The summed E-state index contributed by atoms with van der Waals surface area (Å²) in [7, 11) is -2.90. The molecule has 1 atom stereocenters. The summed E-state index contributed by atoms with van der Waals surface area (Å²) in [6.07, 6.45) is 0.198. The SMILES string of the molecule is CNC(=O)[C@@H](Cc1ccccc1)N(Cc1ccccc1C)C(=O)CN(c1ccc(F)cc1)S(=O)(=O)c1ccc2c(c1)OCCO2. The second-order valence-electron chi connectivity index (χ2n) is 10.6. The highest BCUT2D eigenvalue weighted by atomic mass is 32.2. The van der Waals surface area contributed by atoms with Gasteiger partial charge in [0.1, 0.15) is 31.6 Å². The van der Waals surface area contributed by atoms with Gasteiger partial charge >= 0.3 is 0 Å². The lowest BCUT2D eigenvalue weighted by Gasteiger charge is -2.34. The summed E-state index contributed by atoms with van der Waals surface area (Å²) in [6, 6.07) is 24.9. The van der Waals surface area contributed by atoms with Crippen molar-refractivity contribution in [1.82, 2.24) is 10.2 Å². The summed E-state index contributed by atoms with van der Waals surface area (Å²) in [5.74, 6) is -0.915. The highest BCUT2D eigenvalue weighted by Gasteiger charge is 2.35. The topological polar surface area (TPSA) is 105 Å². The molecule has 4 aromatic rings. The van der Waals surface area contributed by atoms with Crippen LogP contribution >= 0.6 is 0 Å². The Bertz CT molecular complexity index is 1770. The van der Waals surface area contributed by atoms with E-state index in [1.807, 2.05) is 61.5 Å². The fourth-order valence-electron chi connectivity index (χ4n) is 5.14. The monoisotopic (exact) mass is 631 g/mol. The summed E-state index contributed by atoms with van der Waals surface area (Å²) in [5.41, 5.74) is 2.61. The van der Waals surface area contributed by atoms with Gasteiger partial charge in [-0.3, -0.25) is 13.9 Å². The van der Waals surface area contributed by atoms with Gasteiger partial charge in [-0.1, -0.05) is 54.6 Å². The summed E-state index contributed by atoms with van der Waals surface area (Å²) < 4.78 is 54.5. The molecule has 0 saturated heterocycles. The maximum absolute atomic E-state index is 14.4. The largest absolute Gasteiger partial charge is 0.486 e. The number of ether oxygens (including phenoxy) is 2. The number of carbonyl (C=O) groups is 2. The molecule has 45 heavy (non-hydrogen) atoms. The van der Waals surface area contributed by atoms with Crippen LogP contribution in [0.1, 0.15) is 16.7 Å². The zero-order valence-corrected chi connectivity index (χ0v) is 25.8. The summed E-state index contributed by atoms with van der Waals surface area (Å²) in [6.45, 7) is 1.89. The number of nitrogens with one attached hydrogen (secondary N) is 1. The minimum absolute atomic E-state index is 0.0533. The molecule has 0 aliphatic carbocycles. The van der Waals surface area contributed by atoms with Crippen molar-refractivity contribution in [2.75, 3.05) is 31.1 Å². The molecule has 2 amide bonds. The first-order valence-electron chi connectivity index (χ1n) is 14.4. The maximum atomic E-state index is 14.4. The van der Waals surface area contributed by atoms with E-state index < -0.39 is 40.2 Å². The number of likely N-dealkylation sites (N-methyl/N-ethyl adjacent to an activating group) is 1. The van der Waals surface area contributed by atoms with Crippen LogP contribution in [-0.2, 0) is 32.6 Å². The van der Waals surface area contributed by atoms with E-state index in [1.54, 1.807) is 0 Å². The highest BCUT2D eigenvalue weighted by Crippen LogP contribution is 2.34. The fraction of sp³-hybridized carbons (Fsp3) is 0.235. The molecule has 1 aliphatic heterocycles. The minimum atomic E-state index is -4.39. The average Bonchev–Trinajstić information content (AvgIpc) is 3.06. The van der Waals surface area contributed by atoms with E-state index in [2.05, 4.69) is 5.32 Å². The van der Waals surface area contributed by atoms with E-state index in [-0.39, 0.29) is 35.9 Å². The molecule has 0 unspecified atom stereocenters. The first kappa shape index (κ1) is 31.5. The molecule has 4 aromatic carbocycles. The lowest BCUT2D eigenvalue weighted by atomic mass is 10.0. The number of aryl methyl sites for hydroxylation is 1. The van der Waals surface area contributed by atoms with E-state index >= 15 is 0 Å². The van der Waals surface area contributed by atoms with Gasteiger partial charge in [-0.15, -0.1) is 0 Å². The van der Waals surface area contributed by atoms with E-state index in [9.17, 15) is 22.4 Å². The molecule has 0 fully saturated rings. The van der Waals surface area contributed by atoms with Gasteiger partial charge < -0.3 is 19.7 Å². The molecule has 1 heterocycles. The average molecular weight is 632 g/mol. The van der Waals surface area contributed by atoms with Crippen molar-refractivity contribution in [3.05, 3.63) is 120 Å². The Balaban J connectivity index is 1.57. The Kier molecular flexibility index (Phi) is 9.68. The van der Waals surface area contributed by atoms with Crippen molar-refractivity contribution in [2.45, 2.75) is 30.8 Å². The second-order valence-corrected chi connectivity index (χ2v) is 12.4. The third-order valence-corrected chi connectivity index (χ3v) is 9.38. The van der Waals surface area contributed by atoms with Crippen LogP contribution in [0.2, 0.25) is 0 Å². The number of carbonyl (C=O) groups excluding carboxylic acids is 2. The van der Waals surface area contributed by atoms with Gasteiger partial charge in [0, 0.05) is 26.1 Å². The Morgan fingerprint density at radius 3 is 2.24 bits per heavy atom. The number of rotatable bonds is 11. The molecule has 0 aromatic heterocycles. The van der Waals surface area contributed by atoms with Crippen molar-refractivity contribution in [1.29, 1.82) is 0 Å². The molecule has 9 nitrogen and oxygen atoms in total. The van der Waals surface area contributed by atoms with Crippen LogP contribution in [0.25, 0.3) is 0 Å². The number of hydrogen-bond acceptors (Lipinski definition) is 6. The van der Waals surface area contributed by atoms with Gasteiger partial charge in [0.05, 0.1) is 10.6 Å². The molecule has 1 N–H and O–H groups in total. The number of halogens is 1. The molecular weight excluding hydrogens is 597 g/mol. The standard InChI is InChI=1S/C34H34FN3O6S/c1-24-8-6-7-11-26(24)22-37(30(34(40)36-2)20-25-9-4-3-5-10-25)33(39)23-38(28-14-12-27(35)13-15-28)45(41,42)29-16-17-31-32(21-29)44-19-18-43-31/h3-17,21,30H,18-20,22-23H2,1-2H3,(H,36,40)/t30-/m1/s1. The molecular formula is C34H34FN3O6S. The van der Waals surface area contributed by atoms with Crippen LogP contribution in [0.5, 0.6) is 11.5 Å². The number of amides is 2. The molecule has 5 rings (SSSR count). The summed E-state index contributed by atoms with van der Waals surface area (Å²) in [5, 5.41) is 2.67. The molecule has 234 valence electrons. The zero-order valence-electron chi connectivity index (χ0n) is 25.0. The van der Waals surface area contributed by atoms with Crippen molar-refractivity contribution >= 4 is 27.5 Å². The van der Waals surface area contributed by atoms with Crippen LogP contribution < -0.4 is 19.1 Å².